The van der Waals surface area contributed by atoms with E-state index in [0.29, 0.717) is 24.4 Å². The smallest absolute Gasteiger partial charge is 0.303 e. The van der Waals surface area contributed by atoms with Gasteiger partial charge in [0.15, 0.2) is 0 Å². The van der Waals surface area contributed by atoms with E-state index in [-0.39, 0.29) is 30.8 Å². The Morgan fingerprint density at radius 2 is 1.93 bits per heavy atom. The Hall–Kier alpha value is -2.37. The molecule has 1 saturated carbocycles. The number of hydrogen-bond donors (Lipinski definition) is 2. The molecule has 2 amide bonds. The molecular weight excluding hydrogens is 344 g/mol. The summed E-state index contributed by atoms with van der Waals surface area (Å²) in [4.78, 5) is 37.5. The highest BCUT2D eigenvalue weighted by atomic mass is 16.4. The van der Waals surface area contributed by atoms with Crippen LogP contribution in [0.15, 0.2) is 24.3 Å². The molecule has 1 unspecified atom stereocenters. The van der Waals surface area contributed by atoms with Crippen molar-refractivity contribution in [3.8, 4) is 0 Å². The molecule has 1 aromatic carbocycles. The summed E-state index contributed by atoms with van der Waals surface area (Å²) in [7, 11) is 0. The number of amides is 2. The second-order valence-electron chi connectivity index (χ2n) is 7.75. The van der Waals surface area contributed by atoms with E-state index in [1.54, 1.807) is 11.0 Å². The third-order valence-electron chi connectivity index (χ3n) is 5.65. The molecule has 1 fully saturated rings. The lowest BCUT2D eigenvalue weighted by molar-refractivity contribution is -0.137. The van der Waals surface area contributed by atoms with Crippen LogP contribution in [0.5, 0.6) is 0 Å². The van der Waals surface area contributed by atoms with Crippen LogP contribution >= 0.6 is 0 Å². The third kappa shape index (κ3) is 5.31. The van der Waals surface area contributed by atoms with E-state index in [1.807, 2.05) is 18.2 Å². The molecule has 1 aromatic rings. The lowest BCUT2D eigenvalue weighted by Crippen LogP contribution is -2.43. The Labute approximate surface area is 159 Å². The maximum atomic E-state index is 12.5. The highest BCUT2D eigenvalue weighted by molar-refractivity contribution is 6.00. The van der Waals surface area contributed by atoms with Gasteiger partial charge in [-0.2, -0.15) is 0 Å². The van der Waals surface area contributed by atoms with Crippen LogP contribution in [0.4, 0.5) is 0 Å². The molecule has 1 atom stereocenters. The Bertz CT molecular complexity index is 697. The molecule has 146 valence electrons. The fraction of sp³-hybridized carbons (Fsp3) is 0.571. The zero-order chi connectivity index (χ0) is 19.2. The second-order valence-corrected chi connectivity index (χ2v) is 7.75. The summed E-state index contributed by atoms with van der Waals surface area (Å²) in [5.41, 5.74) is 1.61. The fourth-order valence-corrected chi connectivity index (χ4v) is 4.26. The van der Waals surface area contributed by atoms with Crippen molar-refractivity contribution in [2.75, 3.05) is 6.54 Å². The summed E-state index contributed by atoms with van der Waals surface area (Å²) in [6.07, 6.45) is 7.30. The minimum atomic E-state index is -0.844. The summed E-state index contributed by atoms with van der Waals surface area (Å²) in [5.74, 6) is -0.615. The zero-order valence-electron chi connectivity index (χ0n) is 15.7. The minimum Gasteiger partial charge on any atom is -0.481 e. The number of carbonyl (C=O) groups excluding carboxylic acids is 2. The molecule has 27 heavy (non-hydrogen) atoms. The molecular formula is C21H28N2O4. The monoisotopic (exact) mass is 372 g/mol. The van der Waals surface area contributed by atoms with Gasteiger partial charge in [-0.05, 0) is 30.4 Å². The molecule has 1 aliphatic carbocycles. The van der Waals surface area contributed by atoms with Crippen molar-refractivity contribution in [1.29, 1.82) is 0 Å². The highest BCUT2D eigenvalue weighted by Gasteiger charge is 2.29. The molecule has 0 spiro atoms. The number of nitrogens with zero attached hydrogens (tertiary/aromatic N) is 1. The first-order valence-electron chi connectivity index (χ1n) is 9.91. The number of hydrogen-bond acceptors (Lipinski definition) is 3. The molecule has 1 aliphatic heterocycles. The van der Waals surface area contributed by atoms with E-state index in [0.717, 1.165) is 24.8 Å². The van der Waals surface area contributed by atoms with Gasteiger partial charge in [0, 0.05) is 24.6 Å². The minimum absolute atomic E-state index is 0.0156. The van der Waals surface area contributed by atoms with Crippen molar-refractivity contribution in [3.05, 3.63) is 35.4 Å². The van der Waals surface area contributed by atoms with E-state index in [2.05, 4.69) is 5.32 Å². The first kappa shape index (κ1) is 19.4. The first-order valence-corrected chi connectivity index (χ1v) is 9.91. The number of nitrogens with one attached hydrogen (secondary N) is 1. The van der Waals surface area contributed by atoms with Gasteiger partial charge in [-0.1, -0.05) is 50.3 Å². The van der Waals surface area contributed by atoms with Crippen molar-refractivity contribution in [1.82, 2.24) is 10.2 Å². The Balaban J connectivity index is 1.55. The van der Waals surface area contributed by atoms with E-state index >= 15 is 0 Å². The number of rotatable bonds is 8. The lowest BCUT2D eigenvalue weighted by atomic mass is 9.84. The van der Waals surface area contributed by atoms with Gasteiger partial charge in [-0.25, -0.2) is 0 Å². The number of carbonyl (C=O) groups is 3. The van der Waals surface area contributed by atoms with Crippen LogP contribution in [0.25, 0.3) is 0 Å². The summed E-state index contributed by atoms with van der Waals surface area (Å²) in [6, 6.07) is 7.27. The van der Waals surface area contributed by atoms with Crippen molar-refractivity contribution in [2.45, 2.75) is 64.0 Å². The lowest BCUT2D eigenvalue weighted by Gasteiger charge is -2.27. The summed E-state index contributed by atoms with van der Waals surface area (Å²) in [5, 5.41) is 12.0. The molecule has 3 rings (SSSR count). The molecule has 0 radical (unpaired) electrons. The Morgan fingerprint density at radius 3 is 2.63 bits per heavy atom. The largest absolute Gasteiger partial charge is 0.481 e. The van der Waals surface area contributed by atoms with Crippen LogP contribution in [0.3, 0.4) is 0 Å². The number of benzene rings is 1. The van der Waals surface area contributed by atoms with Gasteiger partial charge in [0.25, 0.3) is 5.91 Å². The standard InChI is InChI=1S/C21H28N2O4/c24-19(14-23-13-16-8-4-5-9-18(16)21(23)27)22-17(10-11-20(25)26)12-15-6-2-1-3-7-15/h4-5,8-9,15,17H,1-3,6-7,10-14H2,(H,22,24)(H,25,26). The average Bonchev–Trinajstić information content (AvgIpc) is 2.96. The van der Waals surface area contributed by atoms with Crippen LogP contribution in [0, 0.1) is 5.92 Å². The number of carboxylic acid groups (broad SMARTS) is 1. The van der Waals surface area contributed by atoms with E-state index in [9.17, 15) is 14.4 Å². The maximum Gasteiger partial charge on any atom is 0.303 e. The predicted octanol–water partition coefficient (Wildman–Crippen LogP) is 2.96. The van der Waals surface area contributed by atoms with Crippen LogP contribution in [-0.4, -0.2) is 40.4 Å². The molecule has 1 heterocycles. The van der Waals surface area contributed by atoms with Crippen molar-refractivity contribution in [2.24, 2.45) is 5.92 Å². The normalized spacial score (nSPS) is 18.2. The molecule has 6 heteroatoms. The van der Waals surface area contributed by atoms with Crippen LogP contribution in [0.1, 0.15) is 67.3 Å². The van der Waals surface area contributed by atoms with Crippen molar-refractivity contribution >= 4 is 17.8 Å². The zero-order valence-corrected chi connectivity index (χ0v) is 15.7. The SMILES string of the molecule is O=C(O)CCC(CC1CCCCC1)NC(=O)CN1Cc2ccccc2C1=O. The van der Waals surface area contributed by atoms with Gasteiger partial charge < -0.3 is 15.3 Å². The average molecular weight is 372 g/mol. The Morgan fingerprint density at radius 1 is 1.19 bits per heavy atom. The van der Waals surface area contributed by atoms with Crippen LogP contribution in [-0.2, 0) is 16.1 Å². The van der Waals surface area contributed by atoms with Gasteiger partial charge in [-0.3, -0.25) is 14.4 Å². The van der Waals surface area contributed by atoms with Crippen molar-refractivity contribution in [3.63, 3.8) is 0 Å². The summed E-state index contributed by atoms with van der Waals surface area (Å²) < 4.78 is 0. The van der Waals surface area contributed by atoms with Gasteiger partial charge in [0.1, 0.15) is 6.54 Å². The summed E-state index contributed by atoms with van der Waals surface area (Å²) in [6.45, 7) is 0.465. The molecule has 0 bridgehead atoms. The third-order valence-corrected chi connectivity index (χ3v) is 5.65. The molecule has 2 aliphatic rings. The number of aliphatic carboxylic acids is 1. The Kier molecular flexibility index (Phi) is 6.48. The van der Waals surface area contributed by atoms with Gasteiger partial charge in [0.2, 0.25) is 5.91 Å². The van der Waals surface area contributed by atoms with Crippen molar-refractivity contribution < 1.29 is 19.5 Å². The first-order chi connectivity index (χ1) is 13.0. The predicted molar refractivity (Wildman–Crippen MR) is 101 cm³/mol. The second kappa shape index (κ2) is 9.02. The number of fused-ring (bicyclic) bond motifs is 1. The van der Waals surface area contributed by atoms with E-state index in [1.165, 1.54) is 19.3 Å². The molecule has 0 aromatic heterocycles. The van der Waals surface area contributed by atoms with Gasteiger partial charge >= 0.3 is 5.97 Å². The number of carboxylic acids is 1. The molecule has 0 saturated heterocycles. The van der Waals surface area contributed by atoms with Crippen LogP contribution in [0.2, 0.25) is 0 Å². The fourth-order valence-electron chi connectivity index (χ4n) is 4.26. The maximum absolute atomic E-state index is 12.5. The molecule has 6 nitrogen and oxygen atoms in total. The van der Waals surface area contributed by atoms with Gasteiger partial charge in [-0.15, -0.1) is 0 Å². The highest BCUT2D eigenvalue weighted by Crippen LogP contribution is 2.28. The van der Waals surface area contributed by atoms with E-state index < -0.39 is 5.97 Å². The van der Waals surface area contributed by atoms with E-state index in [4.69, 9.17) is 5.11 Å². The quantitative estimate of drug-likeness (QED) is 0.734. The van der Waals surface area contributed by atoms with Gasteiger partial charge in [0.05, 0.1) is 0 Å². The summed E-state index contributed by atoms with van der Waals surface area (Å²) >= 11 is 0. The topological polar surface area (TPSA) is 86.7 Å². The molecule has 2 N–H and O–H groups in total. The van der Waals surface area contributed by atoms with Crippen LogP contribution < -0.4 is 5.32 Å².